The van der Waals surface area contributed by atoms with Crippen molar-refractivity contribution in [3.8, 4) is 11.5 Å². The van der Waals surface area contributed by atoms with Crippen molar-refractivity contribution in [2.75, 3.05) is 18.5 Å². The van der Waals surface area contributed by atoms with Gasteiger partial charge in [-0.15, -0.1) is 11.3 Å². The maximum atomic E-state index is 12.8. The van der Waals surface area contributed by atoms with Crippen LogP contribution in [0.3, 0.4) is 0 Å². The Balaban J connectivity index is 1.77. The Morgan fingerprint density at radius 2 is 1.84 bits per heavy atom. The van der Waals surface area contributed by atoms with Crippen LogP contribution < -0.4 is 25.8 Å². The molecule has 166 valence electrons. The molecule has 2 aromatic rings. The lowest BCUT2D eigenvalue weighted by Gasteiger charge is -2.18. The highest BCUT2D eigenvalue weighted by Crippen LogP contribution is 2.39. The van der Waals surface area contributed by atoms with Gasteiger partial charge < -0.3 is 20.5 Å². The summed E-state index contributed by atoms with van der Waals surface area (Å²) >= 11 is 6.81. The van der Waals surface area contributed by atoms with E-state index in [0.717, 1.165) is 29.7 Å². The number of nitrogens with one attached hydrogen (secondary N) is 2. The molecule has 0 bridgehead atoms. The molecular formula is C22H27N3O4S2. The predicted molar refractivity (Wildman–Crippen MR) is 126 cm³/mol. The van der Waals surface area contributed by atoms with Gasteiger partial charge in [0.05, 0.1) is 18.8 Å². The normalized spacial score (nSPS) is 15.0. The van der Waals surface area contributed by atoms with E-state index in [4.69, 9.17) is 27.4 Å². The van der Waals surface area contributed by atoms with E-state index in [9.17, 15) is 9.59 Å². The quantitative estimate of drug-likeness (QED) is 0.541. The van der Waals surface area contributed by atoms with Crippen LogP contribution in [0.15, 0.2) is 18.2 Å². The average molecular weight is 462 g/mol. The molecule has 1 heterocycles. The molecule has 3 rings (SSSR count). The monoisotopic (exact) mass is 461 g/mol. The van der Waals surface area contributed by atoms with Crippen LogP contribution in [0.5, 0.6) is 11.5 Å². The first-order chi connectivity index (χ1) is 14.8. The van der Waals surface area contributed by atoms with Crippen molar-refractivity contribution in [1.82, 2.24) is 5.32 Å². The summed E-state index contributed by atoms with van der Waals surface area (Å²) in [6.07, 6.45) is 2.74. The third kappa shape index (κ3) is 5.54. The number of hydrogen-bond donors (Lipinski definition) is 3. The summed E-state index contributed by atoms with van der Waals surface area (Å²) < 4.78 is 11.0. The highest BCUT2D eigenvalue weighted by Gasteiger charge is 2.27. The molecule has 0 saturated carbocycles. The largest absolute Gasteiger partial charge is 0.494 e. The Labute approximate surface area is 191 Å². The molecule has 0 fully saturated rings. The van der Waals surface area contributed by atoms with Crippen molar-refractivity contribution in [2.24, 2.45) is 11.7 Å². The molecule has 4 N–H and O–H groups in total. The Hall–Kier alpha value is -2.65. The number of ether oxygens (including phenoxy) is 2. The van der Waals surface area contributed by atoms with E-state index in [1.165, 1.54) is 11.3 Å². The zero-order valence-corrected chi connectivity index (χ0v) is 19.5. The van der Waals surface area contributed by atoms with Crippen molar-refractivity contribution in [3.63, 3.8) is 0 Å². The Bertz CT molecular complexity index is 979. The average Bonchev–Trinajstić information content (AvgIpc) is 3.05. The number of thiophene rings is 1. The number of benzene rings is 1. The number of thiocarbonyl (C=S) groups is 1. The molecular weight excluding hydrogens is 434 g/mol. The van der Waals surface area contributed by atoms with Gasteiger partial charge in [0.15, 0.2) is 5.11 Å². The number of nitrogens with two attached hydrogens (primary N) is 1. The van der Waals surface area contributed by atoms with E-state index in [-0.39, 0.29) is 5.11 Å². The van der Waals surface area contributed by atoms with Gasteiger partial charge in [0.1, 0.15) is 16.5 Å². The molecule has 0 aliphatic heterocycles. The number of fused-ring (bicyclic) bond motifs is 1. The predicted octanol–water partition coefficient (Wildman–Crippen LogP) is 3.90. The molecule has 1 atom stereocenters. The first-order valence-electron chi connectivity index (χ1n) is 10.3. The van der Waals surface area contributed by atoms with Gasteiger partial charge in [-0.2, -0.15) is 0 Å². The molecule has 0 saturated heterocycles. The molecule has 1 aliphatic rings. The zero-order valence-electron chi connectivity index (χ0n) is 17.9. The molecule has 0 unspecified atom stereocenters. The van der Waals surface area contributed by atoms with Gasteiger partial charge in [0, 0.05) is 16.5 Å². The number of anilines is 1. The van der Waals surface area contributed by atoms with Gasteiger partial charge in [0.2, 0.25) is 0 Å². The van der Waals surface area contributed by atoms with Gasteiger partial charge in [-0.3, -0.25) is 14.9 Å². The summed E-state index contributed by atoms with van der Waals surface area (Å²) in [6, 6.07) is 4.99. The summed E-state index contributed by atoms with van der Waals surface area (Å²) in [6.45, 7) is 6.85. The summed E-state index contributed by atoms with van der Waals surface area (Å²) in [5, 5.41) is 6.34. The third-order valence-electron chi connectivity index (χ3n) is 4.98. The highest BCUT2D eigenvalue weighted by atomic mass is 32.1. The summed E-state index contributed by atoms with van der Waals surface area (Å²) in [5.41, 5.74) is 7.47. The first-order valence-corrected chi connectivity index (χ1v) is 11.5. The van der Waals surface area contributed by atoms with Gasteiger partial charge in [-0.25, -0.2) is 0 Å². The van der Waals surface area contributed by atoms with Gasteiger partial charge >= 0.3 is 0 Å². The van der Waals surface area contributed by atoms with Crippen molar-refractivity contribution in [3.05, 3.63) is 39.8 Å². The van der Waals surface area contributed by atoms with Crippen LogP contribution in [0, 0.1) is 5.92 Å². The van der Waals surface area contributed by atoms with Gasteiger partial charge in [0.25, 0.3) is 11.8 Å². The van der Waals surface area contributed by atoms with Crippen molar-refractivity contribution >= 4 is 45.5 Å². The number of amides is 2. The van der Waals surface area contributed by atoms with Crippen LogP contribution in [0.2, 0.25) is 0 Å². The van der Waals surface area contributed by atoms with E-state index in [0.29, 0.717) is 46.8 Å². The van der Waals surface area contributed by atoms with Crippen LogP contribution in [-0.2, 0) is 12.8 Å². The lowest BCUT2D eigenvalue weighted by Crippen LogP contribution is -2.34. The lowest BCUT2D eigenvalue weighted by molar-refractivity contribution is 0.0974. The second-order valence-corrected chi connectivity index (χ2v) is 8.90. The second-order valence-electron chi connectivity index (χ2n) is 7.39. The standard InChI is InChI=1S/C22H27N3O4S2/c1-4-28-14-9-13(10-15(11-14)29-5-2)20(27)24-22(30)25-21-18(19(23)26)16-7-6-12(3)8-17(16)31-21/h9-12H,4-8H2,1-3H3,(H2,23,26)(H2,24,25,27,30)/t12-/m0/s1. The summed E-state index contributed by atoms with van der Waals surface area (Å²) in [5.74, 6) is 0.732. The number of rotatable bonds is 7. The van der Waals surface area contributed by atoms with Crippen LogP contribution in [0.4, 0.5) is 5.00 Å². The van der Waals surface area contributed by atoms with Crippen molar-refractivity contribution < 1.29 is 19.1 Å². The van der Waals surface area contributed by atoms with E-state index < -0.39 is 11.8 Å². The maximum Gasteiger partial charge on any atom is 0.257 e. The van der Waals surface area contributed by atoms with E-state index >= 15 is 0 Å². The molecule has 1 aromatic heterocycles. The fourth-order valence-electron chi connectivity index (χ4n) is 3.61. The van der Waals surface area contributed by atoms with E-state index in [1.807, 2.05) is 13.8 Å². The smallest absolute Gasteiger partial charge is 0.257 e. The minimum atomic E-state index is -0.491. The van der Waals surface area contributed by atoms with Crippen LogP contribution in [-0.4, -0.2) is 30.1 Å². The first kappa shape index (κ1) is 23.0. The fraction of sp³-hybridized carbons (Fsp3) is 0.409. The molecule has 0 radical (unpaired) electrons. The molecule has 2 amide bonds. The van der Waals surface area contributed by atoms with Crippen LogP contribution in [0.1, 0.15) is 58.3 Å². The Kier molecular flexibility index (Phi) is 7.50. The number of carbonyl (C=O) groups excluding carboxylic acids is 2. The number of primary amides is 1. The minimum absolute atomic E-state index is 0.0962. The second kappa shape index (κ2) is 10.1. The zero-order chi connectivity index (χ0) is 22.5. The minimum Gasteiger partial charge on any atom is -0.494 e. The molecule has 1 aromatic carbocycles. The third-order valence-corrected chi connectivity index (χ3v) is 6.35. The van der Waals surface area contributed by atoms with Crippen molar-refractivity contribution in [2.45, 2.75) is 40.0 Å². The molecule has 31 heavy (non-hydrogen) atoms. The van der Waals surface area contributed by atoms with E-state index in [1.54, 1.807) is 18.2 Å². The van der Waals surface area contributed by atoms with Crippen LogP contribution >= 0.6 is 23.6 Å². The van der Waals surface area contributed by atoms with E-state index in [2.05, 4.69) is 17.6 Å². The summed E-state index contributed by atoms with van der Waals surface area (Å²) in [7, 11) is 0. The lowest BCUT2D eigenvalue weighted by atomic mass is 9.88. The molecule has 1 aliphatic carbocycles. The number of carbonyl (C=O) groups is 2. The fourth-order valence-corrected chi connectivity index (χ4v) is 5.29. The summed E-state index contributed by atoms with van der Waals surface area (Å²) in [4.78, 5) is 26.0. The molecule has 7 nitrogen and oxygen atoms in total. The molecule has 0 spiro atoms. The van der Waals surface area contributed by atoms with Gasteiger partial charge in [-0.05, 0) is 68.9 Å². The highest BCUT2D eigenvalue weighted by molar-refractivity contribution is 7.80. The Morgan fingerprint density at radius 3 is 2.42 bits per heavy atom. The Morgan fingerprint density at radius 1 is 1.19 bits per heavy atom. The maximum absolute atomic E-state index is 12.8. The van der Waals surface area contributed by atoms with Gasteiger partial charge in [-0.1, -0.05) is 6.92 Å². The van der Waals surface area contributed by atoms with Crippen molar-refractivity contribution in [1.29, 1.82) is 0 Å². The topological polar surface area (TPSA) is 103 Å². The van der Waals surface area contributed by atoms with Crippen LogP contribution in [0.25, 0.3) is 0 Å². The number of hydrogen-bond acceptors (Lipinski definition) is 6. The SMILES string of the molecule is CCOc1cc(OCC)cc(C(=O)NC(=S)Nc2sc3c(c2C(N)=O)CC[C@H](C)C3)c1. The molecule has 9 heteroatoms.